The second kappa shape index (κ2) is 11.0. The predicted molar refractivity (Wildman–Crippen MR) is 141 cm³/mol. The van der Waals surface area contributed by atoms with Crippen LogP contribution in [0.25, 0.3) is 0 Å². The number of amides is 3. The van der Waals surface area contributed by atoms with Gasteiger partial charge >= 0.3 is 12.0 Å². The molecule has 5 aliphatic carbocycles. The quantitative estimate of drug-likeness (QED) is 0.425. The zero-order valence-electron chi connectivity index (χ0n) is 22.0. The van der Waals surface area contributed by atoms with E-state index in [-0.39, 0.29) is 28.0 Å². The third kappa shape index (κ3) is 6.06. The van der Waals surface area contributed by atoms with Gasteiger partial charge in [0.15, 0.2) is 6.61 Å². The van der Waals surface area contributed by atoms with Gasteiger partial charge in [-0.3, -0.25) is 10.1 Å². The van der Waals surface area contributed by atoms with Gasteiger partial charge < -0.3 is 10.1 Å². The van der Waals surface area contributed by atoms with Crippen molar-refractivity contribution >= 4 is 27.9 Å². The Hall–Kier alpha value is -2.46. The molecule has 0 aromatic heterocycles. The summed E-state index contributed by atoms with van der Waals surface area (Å²) >= 11 is 0. The van der Waals surface area contributed by atoms with E-state index in [2.05, 4.69) is 15.4 Å². The van der Waals surface area contributed by atoms with Gasteiger partial charge in [0, 0.05) is 12.1 Å². The zero-order chi connectivity index (χ0) is 26.9. The van der Waals surface area contributed by atoms with Crippen LogP contribution in [0.2, 0.25) is 0 Å². The Kier molecular flexibility index (Phi) is 7.82. The van der Waals surface area contributed by atoms with E-state index in [1.54, 1.807) is 0 Å². The number of sulfonamides is 1. The van der Waals surface area contributed by atoms with E-state index in [0.717, 1.165) is 51.4 Å². The van der Waals surface area contributed by atoms with Crippen LogP contribution in [0.4, 0.5) is 4.79 Å². The third-order valence-electron chi connectivity index (χ3n) is 9.24. The average molecular weight is 546 g/mol. The van der Waals surface area contributed by atoms with Gasteiger partial charge in [-0.25, -0.2) is 22.7 Å². The van der Waals surface area contributed by atoms with Gasteiger partial charge in [-0.15, -0.1) is 0 Å². The largest absolute Gasteiger partial charge is 0.452 e. The van der Waals surface area contributed by atoms with E-state index < -0.39 is 34.5 Å². The SMILES string of the molecule is C[C@@H](NS(=O)(=O)c1cccc(C(=O)OCC(=O)NC(=O)NC2CCCCC2)c1)C12CC3CC(CC(C3)C1)C2. The van der Waals surface area contributed by atoms with E-state index >= 15 is 0 Å². The number of hydrogen-bond acceptors (Lipinski definition) is 6. The Labute approximate surface area is 224 Å². The first-order valence-corrected chi connectivity index (χ1v) is 15.5. The summed E-state index contributed by atoms with van der Waals surface area (Å²) in [6.45, 7) is 1.33. The average Bonchev–Trinajstić information content (AvgIpc) is 2.87. The van der Waals surface area contributed by atoms with Gasteiger partial charge in [0.05, 0.1) is 10.5 Å². The Morgan fingerprint density at radius 2 is 1.63 bits per heavy atom. The molecule has 0 saturated heterocycles. The molecule has 1 aromatic carbocycles. The molecule has 38 heavy (non-hydrogen) atoms. The fraction of sp³-hybridized carbons (Fsp3) is 0.679. The molecule has 3 N–H and O–H groups in total. The molecule has 10 heteroatoms. The summed E-state index contributed by atoms with van der Waals surface area (Å²) in [7, 11) is -3.86. The number of carbonyl (C=O) groups excluding carboxylic acids is 3. The van der Waals surface area contributed by atoms with E-state index in [0.29, 0.717) is 17.8 Å². The number of rotatable bonds is 8. The lowest BCUT2D eigenvalue weighted by atomic mass is 9.48. The molecule has 0 radical (unpaired) electrons. The Morgan fingerprint density at radius 1 is 1.00 bits per heavy atom. The molecule has 0 unspecified atom stereocenters. The minimum absolute atomic E-state index is 0.00893. The van der Waals surface area contributed by atoms with E-state index in [4.69, 9.17) is 4.74 Å². The molecule has 5 fully saturated rings. The molecule has 1 aromatic rings. The highest BCUT2D eigenvalue weighted by atomic mass is 32.2. The smallest absolute Gasteiger partial charge is 0.338 e. The fourth-order valence-corrected chi connectivity index (χ4v) is 9.16. The summed E-state index contributed by atoms with van der Waals surface area (Å²) in [6, 6.07) is 4.89. The number of nitrogens with one attached hydrogen (secondary N) is 3. The summed E-state index contributed by atoms with van der Waals surface area (Å²) in [5, 5.41) is 4.94. The Balaban J connectivity index is 1.15. The lowest BCUT2D eigenvalue weighted by Crippen LogP contribution is -2.55. The van der Waals surface area contributed by atoms with Crippen molar-refractivity contribution in [3.63, 3.8) is 0 Å². The number of hydrogen-bond donors (Lipinski definition) is 3. The van der Waals surface area contributed by atoms with Gasteiger partial charge in [0.2, 0.25) is 10.0 Å². The van der Waals surface area contributed by atoms with Gasteiger partial charge in [0.1, 0.15) is 0 Å². The topological polar surface area (TPSA) is 131 Å². The molecule has 1 atom stereocenters. The zero-order valence-corrected chi connectivity index (χ0v) is 22.9. The van der Waals surface area contributed by atoms with Crippen LogP contribution >= 0.6 is 0 Å². The maximum atomic E-state index is 13.3. The van der Waals surface area contributed by atoms with Crippen molar-refractivity contribution in [2.75, 3.05) is 6.61 Å². The van der Waals surface area contributed by atoms with Crippen LogP contribution in [0.5, 0.6) is 0 Å². The van der Waals surface area contributed by atoms with Crippen LogP contribution in [0.15, 0.2) is 29.2 Å². The van der Waals surface area contributed by atoms with Crippen molar-refractivity contribution in [1.29, 1.82) is 0 Å². The van der Waals surface area contributed by atoms with Gasteiger partial charge in [-0.1, -0.05) is 25.3 Å². The van der Waals surface area contributed by atoms with Crippen molar-refractivity contribution in [2.24, 2.45) is 23.2 Å². The number of benzene rings is 1. The normalized spacial score (nSPS) is 29.4. The van der Waals surface area contributed by atoms with Crippen molar-refractivity contribution in [2.45, 2.75) is 94.5 Å². The van der Waals surface area contributed by atoms with E-state index in [1.165, 1.54) is 43.5 Å². The van der Waals surface area contributed by atoms with Crippen LogP contribution in [-0.4, -0.2) is 45.0 Å². The number of imide groups is 1. The monoisotopic (exact) mass is 545 g/mol. The molecule has 6 rings (SSSR count). The fourth-order valence-electron chi connectivity index (χ4n) is 7.77. The Morgan fingerprint density at radius 3 is 2.26 bits per heavy atom. The third-order valence-corrected chi connectivity index (χ3v) is 10.8. The first-order valence-electron chi connectivity index (χ1n) is 14.0. The molecule has 208 valence electrons. The number of esters is 1. The maximum Gasteiger partial charge on any atom is 0.338 e. The minimum atomic E-state index is -3.86. The Bertz CT molecular complexity index is 1140. The molecular weight excluding hydrogens is 506 g/mol. The van der Waals surface area contributed by atoms with Crippen LogP contribution in [-0.2, 0) is 19.6 Å². The molecule has 0 spiro atoms. The summed E-state index contributed by atoms with van der Waals surface area (Å²) < 4.78 is 34.5. The highest BCUT2D eigenvalue weighted by Crippen LogP contribution is 2.61. The van der Waals surface area contributed by atoms with Crippen molar-refractivity contribution in [3.05, 3.63) is 29.8 Å². The molecule has 4 bridgehead atoms. The summed E-state index contributed by atoms with van der Waals surface area (Å²) in [4.78, 5) is 36.7. The van der Waals surface area contributed by atoms with Gasteiger partial charge in [-0.05, 0) is 99.7 Å². The number of ether oxygens (including phenoxy) is 1. The van der Waals surface area contributed by atoms with Gasteiger partial charge in [-0.2, -0.15) is 0 Å². The first kappa shape index (κ1) is 27.1. The second-order valence-corrected chi connectivity index (χ2v) is 13.8. The molecule has 5 aliphatic rings. The minimum Gasteiger partial charge on any atom is -0.452 e. The van der Waals surface area contributed by atoms with Crippen LogP contribution in [0.1, 0.15) is 87.9 Å². The number of carbonyl (C=O) groups is 3. The molecule has 9 nitrogen and oxygen atoms in total. The maximum absolute atomic E-state index is 13.3. The van der Waals surface area contributed by atoms with Crippen LogP contribution in [0, 0.1) is 23.2 Å². The number of urea groups is 1. The molecule has 0 aliphatic heterocycles. The lowest BCUT2D eigenvalue weighted by molar-refractivity contribution is -0.123. The summed E-state index contributed by atoms with van der Waals surface area (Å²) in [5.41, 5.74) is 0.0319. The molecule has 3 amide bonds. The molecule has 0 heterocycles. The van der Waals surface area contributed by atoms with Crippen LogP contribution < -0.4 is 15.4 Å². The standard InChI is InChI=1S/C28H39N3O6S/c1-18(28-14-19-10-20(15-28)12-21(11-19)16-28)31-38(35,36)24-9-5-6-22(13-24)26(33)37-17-25(32)30-27(34)29-23-7-3-2-4-8-23/h5-6,9,13,18-21,23,31H,2-4,7-8,10-12,14-17H2,1H3,(H2,29,30,32,34)/t18-,19?,20?,21?,28?/m1/s1. The van der Waals surface area contributed by atoms with Crippen molar-refractivity contribution < 1.29 is 27.5 Å². The van der Waals surface area contributed by atoms with Gasteiger partial charge in [0.25, 0.3) is 5.91 Å². The predicted octanol–water partition coefficient (Wildman–Crippen LogP) is 3.89. The lowest BCUT2D eigenvalue weighted by Gasteiger charge is -2.59. The summed E-state index contributed by atoms with van der Waals surface area (Å²) in [6.07, 6.45) is 12.1. The first-order chi connectivity index (χ1) is 18.1. The molecular formula is C28H39N3O6S. The highest BCUT2D eigenvalue weighted by Gasteiger charge is 2.53. The second-order valence-electron chi connectivity index (χ2n) is 12.1. The van der Waals surface area contributed by atoms with Crippen molar-refractivity contribution in [1.82, 2.24) is 15.4 Å². The summed E-state index contributed by atoms with van der Waals surface area (Å²) in [5.74, 6) is 0.547. The van der Waals surface area contributed by atoms with E-state index in [1.807, 2.05) is 6.92 Å². The molecule has 5 saturated carbocycles. The highest BCUT2D eigenvalue weighted by molar-refractivity contribution is 7.89. The van der Waals surface area contributed by atoms with E-state index in [9.17, 15) is 22.8 Å². The van der Waals surface area contributed by atoms with Crippen molar-refractivity contribution in [3.8, 4) is 0 Å². The van der Waals surface area contributed by atoms with Crippen LogP contribution in [0.3, 0.4) is 0 Å².